The molecule has 0 saturated carbocycles. The molecule has 136 valence electrons. The van der Waals surface area contributed by atoms with Crippen LogP contribution in [0.1, 0.15) is 24.8 Å². The van der Waals surface area contributed by atoms with Gasteiger partial charge in [0.25, 0.3) is 0 Å². The third-order valence-corrected chi connectivity index (χ3v) is 3.90. The lowest BCUT2D eigenvalue weighted by atomic mass is 9.99. The maximum absolute atomic E-state index is 11.8. The van der Waals surface area contributed by atoms with Crippen LogP contribution in [0.4, 0.5) is 0 Å². The van der Waals surface area contributed by atoms with Crippen molar-refractivity contribution < 1.29 is 24.6 Å². The Morgan fingerprint density at radius 1 is 0.808 bits per heavy atom. The first-order valence-corrected chi connectivity index (χ1v) is 8.31. The number of carbonyl (C=O) groups is 3. The monoisotopic (exact) mass is 355 g/mol. The number of nitrogens with one attached hydrogen (secondary N) is 1. The molecule has 6 heteroatoms. The molecule has 0 aromatic heterocycles. The number of carbonyl (C=O) groups excluding carboxylic acids is 1. The van der Waals surface area contributed by atoms with Gasteiger partial charge in [-0.2, -0.15) is 0 Å². The number of carboxylic acid groups (broad SMARTS) is 2. The molecule has 26 heavy (non-hydrogen) atoms. The van der Waals surface area contributed by atoms with Crippen LogP contribution in [-0.4, -0.2) is 34.1 Å². The van der Waals surface area contributed by atoms with Crippen LogP contribution < -0.4 is 5.32 Å². The van der Waals surface area contributed by atoms with E-state index < -0.39 is 23.9 Å². The average Bonchev–Trinajstić information content (AvgIpc) is 2.61. The summed E-state index contributed by atoms with van der Waals surface area (Å²) in [6.07, 6.45) is -0.310. The molecule has 3 N–H and O–H groups in total. The Bertz CT molecular complexity index is 756. The van der Waals surface area contributed by atoms with Crippen LogP contribution in [0.25, 0.3) is 11.1 Å². The summed E-state index contributed by atoms with van der Waals surface area (Å²) in [6, 6.07) is 17.0. The maximum Gasteiger partial charge on any atom is 0.305 e. The van der Waals surface area contributed by atoms with Gasteiger partial charge in [-0.1, -0.05) is 54.6 Å². The van der Waals surface area contributed by atoms with Gasteiger partial charge < -0.3 is 15.5 Å². The number of aliphatic carboxylic acids is 2. The van der Waals surface area contributed by atoms with E-state index in [0.717, 1.165) is 16.7 Å². The van der Waals surface area contributed by atoms with Crippen LogP contribution in [0.2, 0.25) is 0 Å². The molecule has 2 aromatic rings. The molecule has 0 radical (unpaired) electrons. The highest BCUT2D eigenvalue weighted by atomic mass is 16.4. The van der Waals surface area contributed by atoms with Crippen molar-refractivity contribution in [2.75, 3.05) is 0 Å². The Kier molecular flexibility index (Phi) is 6.91. The molecule has 0 aliphatic rings. The second-order valence-electron chi connectivity index (χ2n) is 6.02. The summed E-state index contributed by atoms with van der Waals surface area (Å²) in [5.41, 5.74) is 3.03. The molecule has 0 aliphatic carbocycles. The van der Waals surface area contributed by atoms with Crippen molar-refractivity contribution in [2.45, 2.75) is 31.7 Å². The number of hydrogen-bond donors (Lipinski definition) is 3. The third kappa shape index (κ3) is 6.39. The standard InChI is InChI=1S/C20H21NO5/c22-18(10-11-19(23)24)21-17(13-20(25)26)12-14-6-8-16(9-7-14)15-4-2-1-3-5-15/h1-9,17H,10-13H2,(H,21,22)(H,23,24)(H,25,26)/t17-/m1/s1. The first kappa shape index (κ1) is 19.2. The van der Waals surface area contributed by atoms with Crippen molar-refractivity contribution in [1.82, 2.24) is 5.32 Å². The van der Waals surface area contributed by atoms with Crippen LogP contribution in [-0.2, 0) is 20.8 Å². The van der Waals surface area contributed by atoms with E-state index in [1.165, 1.54) is 0 Å². The molecule has 1 atom stereocenters. The Balaban J connectivity index is 2.01. The van der Waals surface area contributed by atoms with E-state index >= 15 is 0 Å². The lowest BCUT2D eigenvalue weighted by molar-refractivity contribution is -0.140. The van der Waals surface area contributed by atoms with Gasteiger partial charge in [0.2, 0.25) is 5.91 Å². The Labute approximate surface area is 151 Å². The van der Waals surface area contributed by atoms with E-state index in [1.54, 1.807) is 0 Å². The number of carboxylic acids is 2. The van der Waals surface area contributed by atoms with Gasteiger partial charge >= 0.3 is 11.9 Å². The number of rotatable bonds is 9. The van der Waals surface area contributed by atoms with Crippen molar-refractivity contribution >= 4 is 17.8 Å². The maximum atomic E-state index is 11.8. The summed E-state index contributed by atoms with van der Waals surface area (Å²) in [7, 11) is 0. The smallest absolute Gasteiger partial charge is 0.305 e. The molecule has 1 amide bonds. The van der Waals surface area contributed by atoms with Crippen molar-refractivity contribution in [3.05, 3.63) is 60.2 Å². The van der Waals surface area contributed by atoms with Gasteiger partial charge in [-0.3, -0.25) is 14.4 Å². The molecule has 6 nitrogen and oxygen atoms in total. The van der Waals surface area contributed by atoms with Gasteiger partial charge in [0.05, 0.1) is 12.8 Å². The zero-order valence-electron chi connectivity index (χ0n) is 14.2. The Morgan fingerprint density at radius 2 is 1.42 bits per heavy atom. The van der Waals surface area contributed by atoms with E-state index in [2.05, 4.69) is 5.32 Å². The van der Waals surface area contributed by atoms with Gasteiger partial charge in [0.1, 0.15) is 0 Å². The van der Waals surface area contributed by atoms with Crippen LogP contribution in [0, 0.1) is 0 Å². The molecular formula is C20H21NO5. The highest BCUT2D eigenvalue weighted by Gasteiger charge is 2.17. The zero-order valence-corrected chi connectivity index (χ0v) is 14.2. The molecule has 0 saturated heterocycles. The first-order valence-electron chi connectivity index (χ1n) is 8.31. The van der Waals surface area contributed by atoms with E-state index in [1.807, 2.05) is 54.6 Å². The van der Waals surface area contributed by atoms with E-state index in [9.17, 15) is 14.4 Å². The third-order valence-electron chi connectivity index (χ3n) is 3.90. The van der Waals surface area contributed by atoms with Crippen molar-refractivity contribution in [1.29, 1.82) is 0 Å². The van der Waals surface area contributed by atoms with Crippen LogP contribution in [0.5, 0.6) is 0 Å². The van der Waals surface area contributed by atoms with Gasteiger partial charge in [-0.25, -0.2) is 0 Å². The molecule has 0 unspecified atom stereocenters. The fourth-order valence-electron chi connectivity index (χ4n) is 2.65. The van der Waals surface area contributed by atoms with Crippen LogP contribution in [0.3, 0.4) is 0 Å². The average molecular weight is 355 g/mol. The highest BCUT2D eigenvalue weighted by molar-refractivity contribution is 5.81. The predicted octanol–water partition coefficient (Wildman–Crippen LogP) is 2.72. The zero-order chi connectivity index (χ0) is 18.9. The van der Waals surface area contributed by atoms with Crippen LogP contribution in [0.15, 0.2) is 54.6 Å². The lowest BCUT2D eigenvalue weighted by Gasteiger charge is -2.17. The summed E-state index contributed by atoms with van der Waals surface area (Å²) < 4.78 is 0. The second kappa shape index (κ2) is 9.36. The number of amides is 1. The summed E-state index contributed by atoms with van der Waals surface area (Å²) in [5.74, 6) is -2.54. The highest BCUT2D eigenvalue weighted by Crippen LogP contribution is 2.20. The lowest BCUT2D eigenvalue weighted by Crippen LogP contribution is -2.38. The van der Waals surface area contributed by atoms with Crippen molar-refractivity contribution in [3.63, 3.8) is 0 Å². The summed E-state index contributed by atoms with van der Waals surface area (Å²) >= 11 is 0. The Hall–Kier alpha value is -3.15. The minimum Gasteiger partial charge on any atom is -0.481 e. The minimum absolute atomic E-state index is 0.168. The van der Waals surface area contributed by atoms with E-state index in [0.29, 0.717) is 6.42 Å². The van der Waals surface area contributed by atoms with Gasteiger partial charge in [-0.15, -0.1) is 0 Å². The minimum atomic E-state index is -1.06. The van der Waals surface area contributed by atoms with Gasteiger partial charge in [-0.05, 0) is 23.1 Å². The SMILES string of the molecule is O=C(O)CCC(=O)N[C@@H](CC(=O)O)Cc1ccc(-c2ccccc2)cc1. The quantitative estimate of drug-likeness (QED) is 0.642. The van der Waals surface area contributed by atoms with Crippen molar-refractivity contribution in [3.8, 4) is 11.1 Å². The summed E-state index contributed by atoms with van der Waals surface area (Å²) in [5, 5.41) is 20.3. The summed E-state index contributed by atoms with van der Waals surface area (Å²) in [4.78, 5) is 33.4. The molecule has 0 bridgehead atoms. The molecule has 2 aromatic carbocycles. The van der Waals surface area contributed by atoms with Gasteiger partial charge in [0.15, 0.2) is 0 Å². The second-order valence-corrected chi connectivity index (χ2v) is 6.02. The molecule has 0 heterocycles. The normalized spacial score (nSPS) is 11.5. The molecule has 0 spiro atoms. The number of hydrogen-bond acceptors (Lipinski definition) is 3. The Morgan fingerprint density at radius 3 is 2.00 bits per heavy atom. The summed E-state index contributed by atoms with van der Waals surface area (Å²) in [6.45, 7) is 0. The first-order chi connectivity index (χ1) is 12.4. The molecular weight excluding hydrogens is 334 g/mol. The van der Waals surface area contributed by atoms with Crippen LogP contribution >= 0.6 is 0 Å². The fourth-order valence-corrected chi connectivity index (χ4v) is 2.65. The fraction of sp³-hybridized carbons (Fsp3) is 0.250. The molecule has 0 fully saturated rings. The van der Waals surface area contributed by atoms with E-state index in [-0.39, 0.29) is 19.3 Å². The predicted molar refractivity (Wildman–Crippen MR) is 96.6 cm³/mol. The van der Waals surface area contributed by atoms with E-state index in [4.69, 9.17) is 10.2 Å². The number of benzene rings is 2. The molecule has 2 rings (SSSR count). The topological polar surface area (TPSA) is 104 Å². The largest absolute Gasteiger partial charge is 0.481 e. The molecule has 0 aliphatic heterocycles. The van der Waals surface area contributed by atoms with Crippen molar-refractivity contribution in [2.24, 2.45) is 0 Å². The van der Waals surface area contributed by atoms with Gasteiger partial charge in [0, 0.05) is 12.5 Å².